The standard InChI is InChI=1S/C13H9ClN6/c1-7-8(4-15)2-3-11-9(5-18-20(7)11)12-10(14)6-17-13(16)19-12/h2-3,5-6H,1H3,(H2,16,17,19). The van der Waals surface area contributed by atoms with E-state index in [4.69, 9.17) is 22.6 Å². The van der Waals surface area contributed by atoms with Crippen LogP contribution < -0.4 is 5.73 Å². The molecule has 7 heteroatoms. The Labute approximate surface area is 119 Å². The fraction of sp³-hybridized carbons (Fsp3) is 0.0769. The first kappa shape index (κ1) is 12.4. The van der Waals surface area contributed by atoms with Crippen LogP contribution in [0.5, 0.6) is 0 Å². The number of anilines is 1. The highest BCUT2D eigenvalue weighted by molar-refractivity contribution is 6.33. The molecule has 6 nitrogen and oxygen atoms in total. The van der Waals surface area contributed by atoms with Gasteiger partial charge in [-0.3, -0.25) is 0 Å². The van der Waals surface area contributed by atoms with E-state index in [1.807, 2.05) is 13.0 Å². The van der Waals surface area contributed by atoms with E-state index >= 15 is 0 Å². The van der Waals surface area contributed by atoms with Crippen LogP contribution in [0, 0.1) is 18.3 Å². The van der Waals surface area contributed by atoms with Crippen molar-refractivity contribution in [3.8, 4) is 17.3 Å². The first-order chi connectivity index (χ1) is 9.61. The summed E-state index contributed by atoms with van der Waals surface area (Å²) in [6.45, 7) is 1.83. The molecule has 0 spiro atoms. The van der Waals surface area contributed by atoms with Crippen molar-refractivity contribution in [1.82, 2.24) is 19.6 Å². The van der Waals surface area contributed by atoms with Crippen LogP contribution in [0.2, 0.25) is 5.02 Å². The first-order valence-electron chi connectivity index (χ1n) is 5.77. The van der Waals surface area contributed by atoms with Crippen LogP contribution in [0.15, 0.2) is 24.5 Å². The molecule has 0 radical (unpaired) electrons. The maximum Gasteiger partial charge on any atom is 0.220 e. The largest absolute Gasteiger partial charge is 0.368 e. The van der Waals surface area contributed by atoms with Gasteiger partial charge in [0.2, 0.25) is 5.95 Å². The van der Waals surface area contributed by atoms with Gasteiger partial charge in [-0.05, 0) is 19.1 Å². The molecule has 0 saturated heterocycles. The second-order valence-corrected chi connectivity index (χ2v) is 4.63. The summed E-state index contributed by atoms with van der Waals surface area (Å²) in [6.07, 6.45) is 3.11. The second-order valence-electron chi connectivity index (χ2n) is 4.22. The van der Waals surface area contributed by atoms with E-state index in [1.165, 1.54) is 6.20 Å². The second kappa shape index (κ2) is 4.47. The van der Waals surface area contributed by atoms with E-state index in [-0.39, 0.29) is 5.95 Å². The number of hydrogen-bond acceptors (Lipinski definition) is 5. The summed E-state index contributed by atoms with van der Waals surface area (Å²) in [5.41, 5.74) is 9.01. The van der Waals surface area contributed by atoms with Crippen molar-refractivity contribution in [2.45, 2.75) is 6.92 Å². The molecule has 3 rings (SSSR count). The number of nitrogens with two attached hydrogens (primary N) is 1. The highest BCUT2D eigenvalue weighted by Crippen LogP contribution is 2.30. The van der Waals surface area contributed by atoms with Gasteiger partial charge in [0, 0.05) is 5.56 Å². The van der Waals surface area contributed by atoms with Crippen molar-refractivity contribution >= 4 is 23.1 Å². The number of nitriles is 1. The van der Waals surface area contributed by atoms with E-state index in [0.717, 1.165) is 16.8 Å². The molecular weight excluding hydrogens is 276 g/mol. The Hall–Kier alpha value is -2.65. The Morgan fingerprint density at radius 3 is 2.90 bits per heavy atom. The topological polar surface area (TPSA) is 92.9 Å². The monoisotopic (exact) mass is 284 g/mol. The smallest absolute Gasteiger partial charge is 0.220 e. The molecule has 3 aromatic heterocycles. The zero-order valence-electron chi connectivity index (χ0n) is 10.5. The van der Waals surface area contributed by atoms with E-state index in [1.54, 1.807) is 16.8 Å². The molecule has 2 N–H and O–H groups in total. The molecule has 0 aliphatic rings. The molecule has 20 heavy (non-hydrogen) atoms. The number of nitrogens with zero attached hydrogens (tertiary/aromatic N) is 5. The Morgan fingerprint density at radius 1 is 1.35 bits per heavy atom. The van der Waals surface area contributed by atoms with Gasteiger partial charge in [-0.1, -0.05) is 11.6 Å². The molecule has 0 bridgehead atoms. The van der Waals surface area contributed by atoms with E-state index in [0.29, 0.717) is 16.3 Å². The van der Waals surface area contributed by atoms with Gasteiger partial charge < -0.3 is 5.73 Å². The maximum absolute atomic E-state index is 9.03. The van der Waals surface area contributed by atoms with Gasteiger partial charge in [-0.15, -0.1) is 0 Å². The number of aryl methyl sites for hydroxylation is 1. The number of fused-ring (bicyclic) bond motifs is 1. The first-order valence-corrected chi connectivity index (χ1v) is 6.15. The lowest BCUT2D eigenvalue weighted by molar-refractivity contribution is 0.910. The molecule has 0 atom stereocenters. The van der Waals surface area contributed by atoms with E-state index < -0.39 is 0 Å². The van der Waals surface area contributed by atoms with Crippen LogP contribution >= 0.6 is 11.6 Å². The number of pyridine rings is 1. The van der Waals surface area contributed by atoms with Crippen molar-refractivity contribution in [1.29, 1.82) is 5.26 Å². The highest BCUT2D eigenvalue weighted by atomic mass is 35.5. The van der Waals surface area contributed by atoms with Gasteiger partial charge in [0.05, 0.1) is 39.9 Å². The number of nitrogen functional groups attached to an aromatic ring is 1. The molecule has 0 fully saturated rings. The quantitative estimate of drug-likeness (QED) is 0.739. The Kier molecular flexibility index (Phi) is 2.77. The SMILES string of the molecule is Cc1c(C#N)ccc2c(-c3nc(N)ncc3Cl)cnn12. The molecule has 3 aromatic rings. The predicted molar refractivity (Wildman–Crippen MR) is 75.1 cm³/mol. The van der Waals surface area contributed by atoms with Crippen molar-refractivity contribution in [3.63, 3.8) is 0 Å². The van der Waals surface area contributed by atoms with Crippen LogP contribution in [-0.2, 0) is 0 Å². The maximum atomic E-state index is 9.03. The van der Waals surface area contributed by atoms with Gasteiger partial charge in [0.1, 0.15) is 6.07 Å². The average molecular weight is 285 g/mol. The minimum atomic E-state index is 0.147. The van der Waals surface area contributed by atoms with E-state index in [2.05, 4.69) is 21.1 Å². The molecule has 0 saturated carbocycles. The molecule has 98 valence electrons. The van der Waals surface area contributed by atoms with Gasteiger partial charge in [-0.25, -0.2) is 14.5 Å². The number of halogens is 1. The van der Waals surface area contributed by atoms with Gasteiger partial charge in [0.25, 0.3) is 0 Å². The third-order valence-corrected chi connectivity index (χ3v) is 3.34. The Balaban J connectivity index is 2.31. The van der Waals surface area contributed by atoms with Crippen LogP contribution in [0.4, 0.5) is 5.95 Å². The molecule has 3 heterocycles. The summed E-state index contributed by atoms with van der Waals surface area (Å²) >= 11 is 6.12. The Morgan fingerprint density at radius 2 is 2.15 bits per heavy atom. The van der Waals surface area contributed by atoms with Crippen molar-refractivity contribution in [2.75, 3.05) is 5.73 Å². The van der Waals surface area contributed by atoms with Crippen molar-refractivity contribution in [3.05, 3.63) is 40.8 Å². The predicted octanol–water partition coefficient (Wildman–Crippen LogP) is 2.21. The molecule has 0 aromatic carbocycles. The normalized spacial score (nSPS) is 10.7. The number of aromatic nitrogens is 4. The summed E-state index contributed by atoms with van der Waals surface area (Å²) in [5.74, 6) is 0.147. The molecule has 0 aliphatic carbocycles. The summed E-state index contributed by atoms with van der Waals surface area (Å²) in [7, 11) is 0. The highest BCUT2D eigenvalue weighted by Gasteiger charge is 2.14. The van der Waals surface area contributed by atoms with Crippen molar-refractivity contribution < 1.29 is 0 Å². The zero-order valence-corrected chi connectivity index (χ0v) is 11.3. The van der Waals surface area contributed by atoms with E-state index in [9.17, 15) is 0 Å². The summed E-state index contributed by atoms with van der Waals surface area (Å²) in [6, 6.07) is 5.68. The average Bonchev–Trinajstić information content (AvgIpc) is 2.86. The fourth-order valence-electron chi connectivity index (χ4n) is 2.05. The third-order valence-electron chi connectivity index (χ3n) is 3.06. The van der Waals surface area contributed by atoms with Crippen LogP contribution in [0.25, 0.3) is 16.8 Å². The van der Waals surface area contributed by atoms with Crippen molar-refractivity contribution in [2.24, 2.45) is 0 Å². The lowest BCUT2D eigenvalue weighted by Crippen LogP contribution is -1.98. The molecular formula is C13H9ClN6. The van der Waals surface area contributed by atoms with Crippen LogP contribution in [0.1, 0.15) is 11.3 Å². The lowest BCUT2D eigenvalue weighted by atomic mass is 10.1. The summed E-state index contributed by atoms with van der Waals surface area (Å²) in [4.78, 5) is 7.99. The molecule has 0 amide bonds. The zero-order chi connectivity index (χ0) is 14.3. The minimum absolute atomic E-state index is 0.147. The third kappa shape index (κ3) is 1.76. The summed E-state index contributed by atoms with van der Waals surface area (Å²) in [5, 5.41) is 13.7. The van der Waals surface area contributed by atoms with Crippen LogP contribution in [-0.4, -0.2) is 19.6 Å². The minimum Gasteiger partial charge on any atom is -0.368 e. The molecule has 0 aliphatic heterocycles. The van der Waals surface area contributed by atoms with Gasteiger partial charge >= 0.3 is 0 Å². The van der Waals surface area contributed by atoms with Crippen LogP contribution in [0.3, 0.4) is 0 Å². The lowest BCUT2D eigenvalue weighted by Gasteiger charge is -2.04. The Bertz CT molecular complexity index is 861. The van der Waals surface area contributed by atoms with Gasteiger partial charge in [0.15, 0.2) is 0 Å². The molecule has 0 unspecified atom stereocenters. The number of rotatable bonds is 1. The number of hydrogen-bond donors (Lipinski definition) is 1. The fourth-order valence-corrected chi connectivity index (χ4v) is 2.25. The summed E-state index contributed by atoms with van der Waals surface area (Å²) < 4.78 is 1.68. The van der Waals surface area contributed by atoms with Gasteiger partial charge in [-0.2, -0.15) is 10.4 Å².